The van der Waals surface area contributed by atoms with Crippen LogP contribution in [-0.2, 0) is 47.7 Å². The van der Waals surface area contributed by atoms with Crippen LogP contribution in [0.25, 0.3) is 0 Å². The summed E-state index contributed by atoms with van der Waals surface area (Å²) in [6.45, 7) is 33.2. The van der Waals surface area contributed by atoms with E-state index in [0.29, 0.717) is 60.2 Å². The van der Waals surface area contributed by atoms with E-state index >= 15 is 0 Å². The largest absolute Gasteiger partial charge is 0.444 e. The fraction of sp³-hybridized carbons (Fsp3) is 0.857. The van der Waals surface area contributed by atoms with Gasteiger partial charge in [-0.05, 0) is 279 Å². The molecule has 0 aromatic carbocycles. The van der Waals surface area contributed by atoms with Gasteiger partial charge in [-0.15, -0.1) is 0 Å². The van der Waals surface area contributed by atoms with Gasteiger partial charge >= 0.3 is 42.8 Å². The third-order valence-corrected chi connectivity index (χ3v) is 18.2. The summed E-state index contributed by atoms with van der Waals surface area (Å²) < 4.78 is 26.2. The summed E-state index contributed by atoms with van der Waals surface area (Å²) in [5.41, 5.74) is 0.860. The smallest absolute Gasteiger partial charge is 0.407 e. The summed E-state index contributed by atoms with van der Waals surface area (Å²) in [5, 5.41) is 33.0. The van der Waals surface area contributed by atoms with E-state index in [2.05, 4.69) is 46.5 Å². The molecular formula is C70H121N5O17. The molecule has 8 fully saturated rings. The number of hydrogen-bond donors (Lipinski definition) is 7. The maximum Gasteiger partial charge on any atom is 0.407 e. The number of aliphatic hydroxyl groups excluding tert-OH is 2. The Morgan fingerprint density at radius 2 is 0.630 bits per heavy atom. The normalized spacial score (nSPS) is 27.8. The number of nitrogens with one attached hydrogen (secondary N) is 5. The molecule has 7 N–H and O–H groups in total. The van der Waals surface area contributed by atoms with Gasteiger partial charge in [0.25, 0.3) is 0 Å². The lowest BCUT2D eigenvalue weighted by atomic mass is 9.81. The van der Waals surface area contributed by atoms with Crippen LogP contribution in [0.15, 0.2) is 11.6 Å². The molecule has 22 heteroatoms. The number of aliphatic hydroxyl groups is 2. The van der Waals surface area contributed by atoms with Crippen molar-refractivity contribution in [1.82, 2.24) is 26.6 Å². The van der Waals surface area contributed by atoms with E-state index in [1.807, 2.05) is 104 Å². The van der Waals surface area contributed by atoms with Crippen molar-refractivity contribution in [2.45, 2.75) is 336 Å². The lowest BCUT2D eigenvalue weighted by molar-refractivity contribution is -0.193. The lowest BCUT2D eigenvalue weighted by Crippen LogP contribution is -2.41. The number of alkyl carbamates (subject to hydrolysis) is 5. The highest BCUT2D eigenvalue weighted by Gasteiger charge is 2.56. The summed E-state index contributed by atoms with van der Waals surface area (Å²) in [5.74, 6) is 2.28. The predicted octanol–water partition coefficient (Wildman–Crippen LogP) is 13.4. The zero-order valence-electron chi connectivity index (χ0n) is 59.3. The molecule has 8 aliphatic carbocycles. The minimum Gasteiger partial charge on any atom is -0.444 e. The van der Waals surface area contributed by atoms with Crippen molar-refractivity contribution in [2.75, 3.05) is 13.2 Å². The van der Waals surface area contributed by atoms with Crippen molar-refractivity contribution in [3.63, 3.8) is 0 Å². The first-order chi connectivity index (χ1) is 42.6. The molecule has 0 aromatic heterocycles. The fourth-order valence-electron chi connectivity index (χ4n) is 13.3. The zero-order valence-corrected chi connectivity index (χ0v) is 59.3. The van der Waals surface area contributed by atoms with Crippen LogP contribution in [0.5, 0.6) is 0 Å². The molecule has 8 saturated carbocycles. The van der Waals surface area contributed by atoms with Gasteiger partial charge in [0, 0.05) is 56.3 Å². The zero-order chi connectivity index (χ0) is 69.9. The average Bonchev–Trinajstić information content (AvgIpc) is 1.63. The molecule has 0 aliphatic heterocycles. The Kier molecular flexibility index (Phi) is 33.6. The van der Waals surface area contributed by atoms with Crippen LogP contribution < -0.4 is 26.6 Å². The molecule has 5 amide bonds. The van der Waals surface area contributed by atoms with Gasteiger partial charge in [0.1, 0.15) is 33.8 Å². The third-order valence-electron chi connectivity index (χ3n) is 18.2. The highest BCUT2D eigenvalue weighted by molar-refractivity contribution is 5.79. The van der Waals surface area contributed by atoms with E-state index in [-0.39, 0.29) is 72.7 Å². The summed E-state index contributed by atoms with van der Waals surface area (Å²) in [6, 6.07) is 1.18. The highest BCUT2D eigenvalue weighted by Crippen LogP contribution is 2.63. The number of Topliss-reactive ketones (excluding diaryl/α,β-unsaturated/α-hetero) is 1. The number of hydrogen-bond acceptors (Lipinski definition) is 17. The number of carbonyl (C=O) groups is 6. The van der Waals surface area contributed by atoms with Crippen molar-refractivity contribution in [2.24, 2.45) is 34.0 Å². The summed E-state index contributed by atoms with van der Waals surface area (Å²) >= 11 is 0. The minimum atomic E-state index is -0.464. The van der Waals surface area contributed by atoms with Gasteiger partial charge in [-0.3, -0.25) is 4.79 Å². The summed E-state index contributed by atoms with van der Waals surface area (Å²) in [4.78, 5) is 101. The Hall–Kier alpha value is -5.56. The molecule has 0 heterocycles. The van der Waals surface area contributed by atoms with Crippen LogP contribution in [0.4, 0.5) is 24.0 Å². The topological polar surface area (TPSA) is 317 Å². The monoisotopic (exact) mass is 1300 g/mol. The van der Waals surface area contributed by atoms with Crippen molar-refractivity contribution < 1.29 is 81.8 Å². The molecule has 0 saturated heterocycles. The van der Waals surface area contributed by atoms with Crippen molar-refractivity contribution in [3.8, 4) is 0 Å². The van der Waals surface area contributed by atoms with Crippen molar-refractivity contribution >= 4 is 48.6 Å². The molecule has 1 unspecified atom stereocenters. The first-order valence-corrected chi connectivity index (χ1v) is 34.0. The molecule has 3 atom stereocenters. The maximum absolute atomic E-state index is 11.7. The van der Waals surface area contributed by atoms with Crippen molar-refractivity contribution in [3.05, 3.63) is 11.6 Å². The number of carbonyl (C=O) groups excluding carboxylic acids is 10. The molecule has 528 valence electrons. The van der Waals surface area contributed by atoms with Crippen LogP contribution in [-0.4, -0.2) is 130 Å². The lowest BCUT2D eigenvalue weighted by Gasteiger charge is -2.31. The Balaban J connectivity index is 0.000000383. The third kappa shape index (κ3) is 34.0. The molecule has 8 rings (SSSR count). The SMILES string of the molecule is CC(C)(C)OC(=O)NC1CCC(=O)CC1.CC(C)(C)OC(=O)NC1CCC2(CC1)C[C@@H]2CO.CC(C)(C)OC(=O)NC1CCC2(CC1)C[C@H]2CO.CCC1CC12CCC(NC(=O)OC(C)(C)C)CC2.CCC=C1CCC(NC(=O)OC(C)(C)C)CC1.O=C=O.O=C=O. The molecule has 0 radical (unpaired) electrons. The summed E-state index contributed by atoms with van der Waals surface area (Å²) in [7, 11) is 0. The van der Waals surface area contributed by atoms with Crippen LogP contribution in [0.3, 0.4) is 0 Å². The predicted molar refractivity (Wildman–Crippen MR) is 348 cm³/mol. The van der Waals surface area contributed by atoms with E-state index in [4.69, 9.17) is 42.9 Å². The Bertz CT molecular complexity index is 2210. The van der Waals surface area contributed by atoms with Crippen LogP contribution in [0, 0.1) is 34.0 Å². The number of rotatable bonds is 9. The molecule has 0 bridgehead atoms. The first kappa shape index (κ1) is 82.5. The number of ether oxygens (including phenoxy) is 5. The standard InChI is InChI=1S/C15H27NO2.2C14H25NO3.C14H25NO2.C11H19NO3.2CO2/c1-5-11-10-15(11)8-6-12(7-9-15)16-13(17)18-14(2,3)4;2*1-13(2,3)18-12(17)15-11-4-6-14(7-5-11)8-10(14)9-16;1-5-6-11-7-9-12(10-8-11)15-13(16)17-14(2,3)4;1-11(2,3)15-10(14)12-8-4-6-9(13)7-5-8;2*2-1-3/h11-12H,5-10H2,1-4H3,(H,16,17);2*10-11,16H,4-9H2,1-3H3,(H,15,17);6,12H,5,7-10H2,1-4H3,(H,15,16);8H,4-7H2,1-3H3,(H,12,14);;/t;2*10-,11?,14?;;;;/m.10..../s1. The molecule has 3 spiro atoms. The second-order valence-corrected chi connectivity index (χ2v) is 31.6. The van der Waals surface area contributed by atoms with Gasteiger partial charge in [-0.2, -0.15) is 19.2 Å². The number of amides is 5. The Morgan fingerprint density at radius 1 is 0.413 bits per heavy atom. The first-order valence-electron chi connectivity index (χ1n) is 34.0. The second-order valence-electron chi connectivity index (χ2n) is 31.6. The number of ketones is 1. The molecule has 92 heavy (non-hydrogen) atoms. The maximum atomic E-state index is 11.7. The Morgan fingerprint density at radius 3 is 0.826 bits per heavy atom. The van der Waals surface area contributed by atoms with E-state index in [1.165, 1.54) is 44.1 Å². The summed E-state index contributed by atoms with van der Waals surface area (Å²) in [6.07, 6.45) is 27.7. The molecule has 0 aromatic rings. The molecule has 22 nitrogen and oxygen atoms in total. The quantitative estimate of drug-likeness (QED) is 0.0833. The van der Waals surface area contributed by atoms with Gasteiger partial charge < -0.3 is 60.5 Å². The molecular weight excluding hydrogens is 1180 g/mol. The van der Waals surface area contributed by atoms with E-state index in [0.717, 1.165) is 115 Å². The Labute approximate surface area is 550 Å². The average molecular weight is 1300 g/mol. The second kappa shape index (κ2) is 37.5. The van der Waals surface area contributed by atoms with Gasteiger partial charge in [-0.1, -0.05) is 31.9 Å². The highest BCUT2D eigenvalue weighted by atomic mass is 16.6. The fourth-order valence-corrected chi connectivity index (χ4v) is 13.3. The number of allylic oxidation sites excluding steroid dienone is 2. The van der Waals surface area contributed by atoms with Gasteiger partial charge in [0.15, 0.2) is 0 Å². The van der Waals surface area contributed by atoms with E-state index in [9.17, 15) is 39.0 Å². The van der Waals surface area contributed by atoms with Crippen molar-refractivity contribution in [1.29, 1.82) is 0 Å². The van der Waals surface area contributed by atoms with Gasteiger partial charge in [0.05, 0.1) is 0 Å². The molecule has 8 aliphatic rings. The van der Waals surface area contributed by atoms with E-state index < -0.39 is 28.0 Å². The minimum absolute atomic E-state index is 0.0950. The van der Waals surface area contributed by atoms with E-state index in [1.54, 1.807) is 0 Å². The van der Waals surface area contributed by atoms with Crippen LogP contribution in [0.2, 0.25) is 0 Å². The van der Waals surface area contributed by atoms with Gasteiger partial charge in [-0.25, -0.2) is 24.0 Å². The van der Waals surface area contributed by atoms with Gasteiger partial charge in [0.2, 0.25) is 0 Å². The van der Waals surface area contributed by atoms with Crippen LogP contribution >= 0.6 is 0 Å². The van der Waals surface area contributed by atoms with Crippen LogP contribution in [0.1, 0.15) is 278 Å².